The van der Waals surface area contributed by atoms with Gasteiger partial charge in [0.1, 0.15) is 30.8 Å². The topological polar surface area (TPSA) is 216 Å². The first-order valence-electron chi connectivity index (χ1n) is 33.6. The van der Waals surface area contributed by atoms with Crippen LogP contribution in [0.1, 0.15) is 277 Å². The van der Waals surface area contributed by atoms with Gasteiger partial charge in [-0.25, -0.2) is 29.3 Å². The van der Waals surface area contributed by atoms with E-state index in [0.717, 1.165) is 0 Å². The number of nitrogens with zero attached hydrogens (tertiary/aromatic N) is 10. The Morgan fingerprint density at radius 2 is 0.778 bits per heavy atom. The van der Waals surface area contributed by atoms with Crippen molar-refractivity contribution in [1.82, 2.24) is 64.0 Å². The molecule has 90 heavy (non-hydrogen) atoms. The van der Waals surface area contributed by atoms with Crippen molar-refractivity contribution in [2.75, 3.05) is 0 Å². The summed E-state index contributed by atoms with van der Waals surface area (Å²) in [6.45, 7) is 80.0. The quantitative estimate of drug-likeness (QED) is 0.129. The van der Waals surface area contributed by atoms with E-state index in [9.17, 15) is 0 Å². The van der Waals surface area contributed by atoms with Gasteiger partial charge in [-0.15, -0.1) is 11.3 Å². The number of H-pyrrole nitrogens is 3. The molecule has 540 valence electrons. The van der Waals surface area contributed by atoms with Crippen molar-refractivity contribution in [2.45, 2.75) is 277 Å². The number of hydrogen-bond donors (Lipinski definition) is 3. The predicted octanol–water partition coefficient (Wildman–Crippen LogP) is 28.3. The van der Waals surface area contributed by atoms with Gasteiger partial charge in [0.2, 0.25) is 6.39 Å². The lowest BCUT2D eigenvalue weighted by Gasteiger charge is -1.50. The molecule has 0 radical (unpaired) electrons. The highest BCUT2D eigenvalue weighted by atomic mass is 32.1. The molecular formula is C70H153N13O3S4. The van der Waals surface area contributed by atoms with Crippen molar-refractivity contribution < 1.29 is 13.4 Å². The summed E-state index contributed by atoms with van der Waals surface area (Å²) in [4.78, 5) is 27.2. The molecule has 16 nitrogen and oxygen atoms in total. The maximum atomic E-state index is 4.58. The zero-order valence-corrected chi connectivity index (χ0v) is 69.4. The van der Waals surface area contributed by atoms with Crippen LogP contribution in [0, 0.1) is 0 Å². The second-order valence-electron chi connectivity index (χ2n) is 7.09. The predicted molar refractivity (Wildman–Crippen MR) is 421 cm³/mol. The third kappa shape index (κ3) is 278. The van der Waals surface area contributed by atoms with Crippen molar-refractivity contribution in [1.29, 1.82) is 0 Å². The summed E-state index contributed by atoms with van der Waals surface area (Å²) in [7, 11) is 0. The summed E-state index contributed by atoms with van der Waals surface area (Å²) in [5.74, 6) is 0. The number of aromatic nitrogens is 13. The van der Waals surface area contributed by atoms with E-state index < -0.39 is 0 Å². The van der Waals surface area contributed by atoms with Gasteiger partial charge in [0.15, 0.2) is 12.7 Å². The minimum absolute atomic E-state index is 1.26. The number of imidazole rings is 1. The number of aromatic amines is 3. The number of rotatable bonds is 0. The van der Waals surface area contributed by atoms with E-state index >= 15 is 0 Å². The van der Waals surface area contributed by atoms with Gasteiger partial charge in [-0.2, -0.15) is 20.8 Å². The monoisotopic (exact) mass is 1350 g/mol. The lowest BCUT2D eigenvalue weighted by atomic mass is 10.7. The number of thiophene rings is 1. The summed E-state index contributed by atoms with van der Waals surface area (Å²) >= 11 is 6.13. The maximum Gasteiger partial charge on any atom is 0.213 e. The second kappa shape index (κ2) is 289. The van der Waals surface area contributed by atoms with E-state index in [1.807, 2.05) is 353 Å². The fraction of sp³-hybridized carbons (Fsp3) is 0.571. The van der Waals surface area contributed by atoms with Gasteiger partial charge in [0.25, 0.3) is 0 Å². The average molecular weight is 1350 g/mol. The number of oxazole rings is 1. The smallest absolute Gasteiger partial charge is 0.213 e. The van der Waals surface area contributed by atoms with E-state index in [1.165, 1.54) is 67.4 Å². The van der Waals surface area contributed by atoms with E-state index in [4.69, 9.17) is 0 Å². The number of nitrogens with one attached hydrogen (secondary N) is 3. The molecule has 10 rings (SSSR count). The Morgan fingerprint density at radius 1 is 0.289 bits per heavy atom. The van der Waals surface area contributed by atoms with Gasteiger partial charge in [-0.05, 0) is 64.2 Å². The first-order valence-corrected chi connectivity index (χ1v) is 37.2. The molecule has 20 heteroatoms. The first-order chi connectivity index (χ1) is 45.0. The Balaban J connectivity index is -0.0000000317. The molecule has 0 atom stereocenters. The molecule has 0 bridgehead atoms. The third-order valence-corrected chi connectivity index (χ3v) is 5.80. The number of furan rings is 1. The Hall–Kier alpha value is -6.22. The van der Waals surface area contributed by atoms with Gasteiger partial charge in [0, 0.05) is 47.9 Å². The molecule has 0 spiro atoms. The van der Waals surface area contributed by atoms with Crippen molar-refractivity contribution in [3.8, 4) is 0 Å². The lowest BCUT2D eigenvalue weighted by Crippen LogP contribution is -1.53. The van der Waals surface area contributed by atoms with E-state index in [0.29, 0.717) is 0 Å². The molecule has 0 aromatic carbocycles. The minimum atomic E-state index is 1.26. The molecular weight excluding hydrogens is 1200 g/mol. The normalized spacial score (nSPS) is 5.78. The summed E-state index contributed by atoms with van der Waals surface area (Å²) in [5.41, 5.74) is 3.47. The van der Waals surface area contributed by atoms with Gasteiger partial charge in [0.05, 0.1) is 30.6 Å². The molecule has 0 amide bonds. The molecule has 0 aliphatic carbocycles. The molecule has 0 aliphatic rings. The summed E-state index contributed by atoms with van der Waals surface area (Å²) < 4.78 is 20.7. The second-order valence-corrected chi connectivity index (χ2v) is 9.98. The van der Waals surface area contributed by atoms with Crippen LogP contribution in [-0.2, 0) is 0 Å². The molecule has 10 aromatic heterocycles. The van der Waals surface area contributed by atoms with Crippen molar-refractivity contribution >= 4 is 45.7 Å². The summed E-state index contributed by atoms with van der Waals surface area (Å²) in [6, 6.07) is 13.5. The number of hydrogen-bond acceptors (Lipinski definition) is 17. The molecule has 0 fully saturated rings. The minimum Gasteiger partial charge on any atom is -0.473 e. The highest BCUT2D eigenvalue weighted by Gasteiger charge is 1.63. The van der Waals surface area contributed by atoms with Gasteiger partial charge >= 0.3 is 0 Å². The standard InChI is InChI=1S/C4H5N.C4H4O.C4H4S.C3H4N2.C3H3NO.2C3H3NS.C2H3N3.C2H2N2O.C2H2N2S.20C2H6/c3*1-2-4-5-3-1;3*1-2-5-3-4-1;1-2-4-5-3-1;3*1-3-2-5-4-1;20*1-2/h1-5H;2*1-4H;1-3H,(H,4,5);3*1-3H;1-2H,(H,3,4,5);2*1-2H;20*1-2H3. The zero-order valence-electron chi connectivity index (χ0n) is 66.2. The van der Waals surface area contributed by atoms with Crippen LogP contribution in [0.25, 0.3) is 0 Å². The van der Waals surface area contributed by atoms with Crippen LogP contribution in [0.15, 0.2) is 195 Å². The summed E-state index contributed by atoms with van der Waals surface area (Å²) in [5, 5.41) is 17.2. The van der Waals surface area contributed by atoms with Crippen LogP contribution in [0.3, 0.4) is 0 Å². The average Bonchev–Trinajstić information content (AvgIpc) is 4.52. The molecule has 0 aliphatic heterocycles. The Labute approximate surface area is 578 Å². The van der Waals surface area contributed by atoms with Crippen molar-refractivity contribution in [3.05, 3.63) is 182 Å². The zero-order chi connectivity index (χ0) is 75.4. The first kappa shape index (κ1) is 141. The van der Waals surface area contributed by atoms with E-state index in [1.54, 1.807) is 83.5 Å². The van der Waals surface area contributed by atoms with Gasteiger partial charge in [-0.1, -0.05) is 294 Å². The summed E-state index contributed by atoms with van der Waals surface area (Å²) in [6.07, 6.45) is 27.2. The van der Waals surface area contributed by atoms with Crippen molar-refractivity contribution in [2.24, 2.45) is 0 Å². The number of thiazole rings is 1. The van der Waals surface area contributed by atoms with Crippen molar-refractivity contribution in [3.63, 3.8) is 0 Å². The fourth-order valence-electron chi connectivity index (χ4n) is 1.91. The van der Waals surface area contributed by atoms with Crippen LogP contribution in [0.4, 0.5) is 0 Å². The molecule has 0 saturated carbocycles. The van der Waals surface area contributed by atoms with Gasteiger partial charge < -0.3 is 23.3 Å². The largest absolute Gasteiger partial charge is 0.473 e. The van der Waals surface area contributed by atoms with Gasteiger partial charge in [-0.3, -0.25) is 10.1 Å². The highest BCUT2D eigenvalue weighted by Crippen LogP contribution is 1.91. The lowest BCUT2D eigenvalue weighted by molar-refractivity contribution is 0.416. The Morgan fingerprint density at radius 3 is 0.889 bits per heavy atom. The molecule has 0 unspecified atom stereocenters. The van der Waals surface area contributed by atoms with Crippen LogP contribution < -0.4 is 0 Å². The van der Waals surface area contributed by atoms with Crippen LogP contribution in [0.5, 0.6) is 0 Å². The van der Waals surface area contributed by atoms with E-state index in [2.05, 4.69) is 77.3 Å². The molecule has 3 N–H and O–H groups in total. The third-order valence-electron chi connectivity index (χ3n) is 3.69. The van der Waals surface area contributed by atoms with Crippen LogP contribution in [0.2, 0.25) is 0 Å². The Bertz CT molecular complexity index is 1100. The van der Waals surface area contributed by atoms with Crippen LogP contribution in [-0.4, -0.2) is 64.0 Å². The maximum absolute atomic E-state index is 4.58. The SMILES string of the molecule is CC.CC.CC.CC.CC.CC.CC.CC.CC.CC.CC.CC.CC.CC.CC.CC.CC.CC.CC.CC.c1c[nH]cn1.c1cc[nH]c1.c1ccoc1.c1ccsc1.c1cnsc1.c1cocn1.c1cscn1.c1nc[nH]n1.c1ncon1.c1ncsn1. The van der Waals surface area contributed by atoms with Crippen LogP contribution >= 0.6 is 45.7 Å². The van der Waals surface area contributed by atoms with E-state index in [-0.39, 0.29) is 0 Å². The molecule has 10 aromatic rings. The Kier molecular flexibility index (Phi) is 453. The molecule has 0 saturated heterocycles. The fourth-order valence-corrected chi connectivity index (χ4v) is 3.34. The highest BCUT2D eigenvalue weighted by molar-refractivity contribution is 7.07. The molecule has 10 heterocycles.